The molecule has 0 radical (unpaired) electrons. The molecule has 0 unspecified atom stereocenters. The third kappa shape index (κ3) is 3.34. The van der Waals surface area contributed by atoms with Crippen LogP contribution in [-0.2, 0) is 38.9 Å². The molecule has 9 heteroatoms. The Hall–Kier alpha value is -2.42. The highest BCUT2D eigenvalue weighted by molar-refractivity contribution is 7.92. The Morgan fingerprint density at radius 3 is 2.91 bits per heavy atom. The van der Waals surface area contributed by atoms with Gasteiger partial charge in [-0.1, -0.05) is 6.07 Å². The van der Waals surface area contributed by atoms with Gasteiger partial charge in [-0.2, -0.15) is 4.98 Å². The van der Waals surface area contributed by atoms with Crippen LogP contribution in [0.3, 0.4) is 0 Å². The maximum absolute atomic E-state index is 12.4. The Morgan fingerprint density at radius 1 is 1.35 bits per heavy atom. The summed E-state index contributed by atoms with van der Waals surface area (Å²) in [5, 5.41) is 3.90. The number of aryl methyl sites for hydroxylation is 2. The van der Waals surface area contributed by atoms with Gasteiger partial charge in [0.2, 0.25) is 0 Å². The largest absolute Gasteiger partial charge is 0.468 e. The van der Waals surface area contributed by atoms with Crippen molar-refractivity contribution in [1.82, 2.24) is 14.8 Å². The van der Waals surface area contributed by atoms with Gasteiger partial charge in [0.1, 0.15) is 12.9 Å². The number of nitrogens with zero attached hydrogens (tertiary/aromatic N) is 3. The molecule has 1 aromatic carbocycles. The van der Waals surface area contributed by atoms with E-state index in [4.69, 9.17) is 0 Å². The van der Waals surface area contributed by atoms with Gasteiger partial charge in [0.05, 0.1) is 12.0 Å². The number of anilines is 1. The van der Waals surface area contributed by atoms with Gasteiger partial charge in [-0.05, 0) is 42.5 Å². The van der Waals surface area contributed by atoms with Crippen molar-refractivity contribution < 1.29 is 17.9 Å². The molecule has 0 spiro atoms. The first kappa shape index (κ1) is 15.5. The quantitative estimate of drug-likeness (QED) is 0.808. The maximum Gasteiger partial charge on any atom is 0.327 e. The molecule has 1 aliphatic rings. The molecule has 1 aliphatic carbocycles. The predicted molar refractivity (Wildman–Crippen MR) is 81.3 cm³/mol. The average molecular weight is 336 g/mol. The highest BCUT2D eigenvalue weighted by Gasteiger charge is 2.20. The summed E-state index contributed by atoms with van der Waals surface area (Å²) in [6.07, 6.45) is 4.19. The van der Waals surface area contributed by atoms with Crippen molar-refractivity contribution in [2.24, 2.45) is 0 Å². The molecule has 2 aromatic rings. The number of ether oxygens (including phenoxy) is 1. The first-order valence-electron chi connectivity index (χ1n) is 7.09. The van der Waals surface area contributed by atoms with Gasteiger partial charge in [0.25, 0.3) is 16.0 Å². The number of hydrogen-bond acceptors (Lipinski definition) is 6. The normalized spacial score (nSPS) is 13.6. The van der Waals surface area contributed by atoms with Crippen molar-refractivity contribution in [3.05, 3.63) is 35.7 Å². The van der Waals surface area contributed by atoms with Crippen LogP contribution < -0.4 is 4.72 Å². The molecule has 0 bridgehead atoms. The summed E-state index contributed by atoms with van der Waals surface area (Å²) in [7, 11) is -2.50. The Balaban J connectivity index is 1.77. The molecular formula is C14H16N4O4S. The van der Waals surface area contributed by atoms with Crippen molar-refractivity contribution >= 4 is 21.9 Å². The Kier molecular flexibility index (Phi) is 4.03. The second kappa shape index (κ2) is 5.99. The number of carbonyl (C=O) groups is 1. The summed E-state index contributed by atoms with van der Waals surface area (Å²) in [5.74, 6) is -0.586. The first-order valence-corrected chi connectivity index (χ1v) is 8.57. The smallest absolute Gasteiger partial charge is 0.327 e. The number of benzene rings is 1. The summed E-state index contributed by atoms with van der Waals surface area (Å²) < 4.78 is 32.8. The second-order valence-corrected chi connectivity index (χ2v) is 6.91. The molecule has 0 saturated heterocycles. The molecule has 0 aliphatic heterocycles. The van der Waals surface area contributed by atoms with Crippen LogP contribution in [0.25, 0.3) is 0 Å². The molecule has 0 saturated carbocycles. The van der Waals surface area contributed by atoms with E-state index in [1.54, 1.807) is 12.1 Å². The minimum Gasteiger partial charge on any atom is -0.468 e. The van der Waals surface area contributed by atoms with Crippen molar-refractivity contribution in [3.63, 3.8) is 0 Å². The minimum absolute atomic E-state index is 0.0885. The van der Waals surface area contributed by atoms with Crippen LogP contribution in [0, 0.1) is 0 Å². The van der Waals surface area contributed by atoms with Crippen molar-refractivity contribution in [2.75, 3.05) is 11.8 Å². The van der Waals surface area contributed by atoms with E-state index >= 15 is 0 Å². The van der Waals surface area contributed by atoms with Gasteiger partial charge in [-0.15, -0.1) is 5.10 Å². The van der Waals surface area contributed by atoms with E-state index in [0.29, 0.717) is 0 Å². The lowest BCUT2D eigenvalue weighted by atomic mass is 10.1. The van der Waals surface area contributed by atoms with Crippen LogP contribution in [0.15, 0.2) is 29.4 Å². The number of sulfonamides is 1. The monoisotopic (exact) mass is 336 g/mol. The average Bonchev–Trinajstić information content (AvgIpc) is 3.15. The fourth-order valence-electron chi connectivity index (χ4n) is 2.51. The van der Waals surface area contributed by atoms with Crippen LogP contribution in [-0.4, -0.2) is 36.3 Å². The lowest BCUT2D eigenvalue weighted by Crippen LogP contribution is -2.15. The van der Waals surface area contributed by atoms with Gasteiger partial charge in [-0.3, -0.25) is 4.79 Å². The molecule has 8 nitrogen and oxygen atoms in total. The number of fused-ring (bicyclic) bond motifs is 1. The SMILES string of the molecule is COC(=O)Cn1cnc(NS(=O)(=O)c2ccc3c(c2)CCC3)n1. The van der Waals surface area contributed by atoms with Crippen LogP contribution in [0.1, 0.15) is 17.5 Å². The Morgan fingerprint density at radius 2 is 2.13 bits per heavy atom. The van der Waals surface area contributed by atoms with Crippen molar-refractivity contribution in [1.29, 1.82) is 0 Å². The molecule has 0 atom stereocenters. The summed E-state index contributed by atoms with van der Waals surface area (Å²) in [5.41, 5.74) is 2.27. The maximum atomic E-state index is 12.4. The minimum atomic E-state index is -3.76. The van der Waals surface area contributed by atoms with Gasteiger partial charge in [0, 0.05) is 0 Å². The second-order valence-electron chi connectivity index (χ2n) is 5.23. The molecule has 1 N–H and O–H groups in total. The van der Waals surface area contributed by atoms with E-state index in [1.807, 2.05) is 6.07 Å². The molecule has 122 valence electrons. The van der Waals surface area contributed by atoms with Gasteiger partial charge < -0.3 is 4.74 Å². The van der Waals surface area contributed by atoms with Gasteiger partial charge >= 0.3 is 5.97 Å². The van der Waals surface area contributed by atoms with E-state index < -0.39 is 16.0 Å². The number of methoxy groups -OCH3 is 1. The number of nitrogens with one attached hydrogen (secondary N) is 1. The third-order valence-corrected chi connectivity index (χ3v) is 4.99. The van der Waals surface area contributed by atoms with Crippen molar-refractivity contribution in [2.45, 2.75) is 30.7 Å². The number of aromatic nitrogens is 3. The molecule has 0 fully saturated rings. The first-order chi connectivity index (χ1) is 11.0. The lowest BCUT2D eigenvalue weighted by Gasteiger charge is -2.07. The van der Waals surface area contributed by atoms with Gasteiger partial charge in [0.15, 0.2) is 0 Å². The van der Waals surface area contributed by atoms with Crippen LogP contribution in [0.4, 0.5) is 5.95 Å². The zero-order valence-corrected chi connectivity index (χ0v) is 13.3. The highest BCUT2D eigenvalue weighted by atomic mass is 32.2. The van der Waals surface area contributed by atoms with E-state index in [2.05, 4.69) is 19.5 Å². The molecule has 3 rings (SSSR count). The zero-order chi connectivity index (χ0) is 16.4. The fourth-order valence-corrected chi connectivity index (χ4v) is 3.51. The topological polar surface area (TPSA) is 103 Å². The Bertz CT molecular complexity index is 844. The standard InChI is InChI=1S/C14H16N4O4S/c1-22-13(19)8-18-9-15-14(16-18)17-23(20,21)12-6-5-10-3-2-4-11(10)7-12/h5-7,9H,2-4,8H2,1H3,(H,16,17). The summed E-state index contributed by atoms with van der Waals surface area (Å²) in [6.45, 7) is -0.135. The summed E-state index contributed by atoms with van der Waals surface area (Å²) >= 11 is 0. The van der Waals surface area contributed by atoms with Crippen molar-refractivity contribution in [3.8, 4) is 0 Å². The van der Waals surface area contributed by atoms with Crippen LogP contribution in [0.2, 0.25) is 0 Å². The fraction of sp³-hybridized carbons (Fsp3) is 0.357. The zero-order valence-electron chi connectivity index (χ0n) is 12.5. The molecule has 23 heavy (non-hydrogen) atoms. The number of rotatable bonds is 5. The molecule has 1 heterocycles. The third-order valence-electron chi connectivity index (χ3n) is 3.66. The van der Waals surface area contributed by atoms with E-state index in [1.165, 1.54) is 23.7 Å². The number of carbonyl (C=O) groups excluding carboxylic acids is 1. The van der Waals surface area contributed by atoms with Crippen LogP contribution >= 0.6 is 0 Å². The molecular weight excluding hydrogens is 320 g/mol. The van der Waals surface area contributed by atoms with E-state index in [9.17, 15) is 13.2 Å². The van der Waals surface area contributed by atoms with E-state index in [0.717, 1.165) is 24.8 Å². The molecule has 1 aromatic heterocycles. The summed E-state index contributed by atoms with van der Waals surface area (Å²) in [4.78, 5) is 15.2. The van der Waals surface area contributed by atoms with E-state index in [-0.39, 0.29) is 17.4 Å². The summed E-state index contributed by atoms with van der Waals surface area (Å²) in [6, 6.07) is 5.12. The Labute approximate surface area is 133 Å². The number of hydrogen-bond donors (Lipinski definition) is 1. The molecule has 0 amide bonds. The number of esters is 1. The van der Waals surface area contributed by atoms with Crippen LogP contribution in [0.5, 0.6) is 0 Å². The highest BCUT2D eigenvalue weighted by Crippen LogP contribution is 2.25. The lowest BCUT2D eigenvalue weighted by molar-refractivity contribution is -0.141. The predicted octanol–water partition coefficient (Wildman–Crippen LogP) is 0.741. The van der Waals surface area contributed by atoms with Gasteiger partial charge in [-0.25, -0.2) is 17.8 Å².